The number of nitrogens with zero attached hydrogens (tertiary/aromatic N) is 3. The second kappa shape index (κ2) is 8.33. The summed E-state index contributed by atoms with van der Waals surface area (Å²) in [6, 6.07) is 17.0. The Bertz CT molecular complexity index is 1500. The fraction of sp³-hybridized carbons (Fsp3) is 0.115. The number of aromatic amines is 1. The van der Waals surface area contributed by atoms with Crippen LogP contribution in [0.2, 0.25) is 0 Å². The van der Waals surface area contributed by atoms with Crippen molar-refractivity contribution in [2.75, 3.05) is 5.73 Å². The highest BCUT2D eigenvalue weighted by Crippen LogP contribution is 2.34. The molecule has 0 aliphatic heterocycles. The van der Waals surface area contributed by atoms with Gasteiger partial charge < -0.3 is 20.9 Å². The number of benzene rings is 2. The van der Waals surface area contributed by atoms with Crippen molar-refractivity contribution in [1.82, 2.24) is 19.9 Å². The lowest BCUT2D eigenvalue weighted by Crippen LogP contribution is -2.25. The standard InChI is InChI=1S/C26H22FN5O2/c1-26(34,18-3-2-4-19(27)10-18)23-11-22(31-25(28)32-23)21-13-30-24-20(21)9-17(12-29-24)16-7-5-15(14-33)6-8-16/h2-13,33-34H,14H2,1H3,(H,29,30)(H2,28,31,32)/t26-/m0/s1. The normalized spacial score (nSPS) is 13.2. The molecular weight excluding hydrogens is 433 g/mol. The number of fused-ring (bicyclic) bond motifs is 1. The summed E-state index contributed by atoms with van der Waals surface area (Å²) in [5, 5.41) is 21.3. The van der Waals surface area contributed by atoms with Gasteiger partial charge >= 0.3 is 0 Å². The molecule has 0 unspecified atom stereocenters. The van der Waals surface area contributed by atoms with E-state index in [0.29, 0.717) is 16.9 Å². The Kier molecular flexibility index (Phi) is 5.31. The van der Waals surface area contributed by atoms with Crippen LogP contribution in [-0.2, 0) is 12.2 Å². The molecule has 7 nitrogen and oxygen atoms in total. The predicted molar refractivity (Wildman–Crippen MR) is 128 cm³/mol. The van der Waals surface area contributed by atoms with Gasteiger partial charge in [0.15, 0.2) is 0 Å². The number of nitrogens with two attached hydrogens (primary N) is 1. The summed E-state index contributed by atoms with van der Waals surface area (Å²) in [4.78, 5) is 16.3. The number of nitrogen functional groups attached to an aromatic ring is 1. The molecule has 8 heteroatoms. The van der Waals surface area contributed by atoms with E-state index in [-0.39, 0.29) is 18.2 Å². The molecule has 3 aromatic heterocycles. The molecule has 0 aliphatic carbocycles. The van der Waals surface area contributed by atoms with Crippen LogP contribution in [-0.4, -0.2) is 30.1 Å². The number of halogens is 1. The highest BCUT2D eigenvalue weighted by molar-refractivity contribution is 5.95. The zero-order valence-corrected chi connectivity index (χ0v) is 18.3. The Morgan fingerprint density at radius 2 is 1.82 bits per heavy atom. The van der Waals surface area contributed by atoms with Crippen LogP contribution in [0.15, 0.2) is 73.1 Å². The van der Waals surface area contributed by atoms with E-state index in [0.717, 1.165) is 27.6 Å². The van der Waals surface area contributed by atoms with Crippen LogP contribution >= 0.6 is 0 Å². The minimum Gasteiger partial charge on any atom is -0.392 e. The molecule has 34 heavy (non-hydrogen) atoms. The molecule has 0 bridgehead atoms. The summed E-state index contributed by atoms with van der Waals surface area (Å²) >= 11 is 0. The van der Waals surface area contributed by atoms with Crippen LogP contribution in [0.25, 0.3) is 33.4 Å². The SMILES string of the molecule is C[C@](O)(c1cccc(F)c1)c1cc(-c2c[nH]c3ncc(-c4ccc(CO)cc4)cc23)nc(N)n1. The van der Waals surface area contributed by atoms with Crippen LogP contribution in [0.1, 0.15) is 23.7 Å². The first-order valence-corrected chi connectivity index (χ1v) is 10.7. The second-order valence-corrected chi connectivity index (χ2v) is 8.26. The van der Waals surface area contributed by atoms with Crippen LogP contribution < -0.4 is 5.73 Å². The van der Waals surface area contributed by atoms with Crippen LogP contribution in [0.4, 0.5) is 10.3 Å². The van der Waals surface area contributed by atoms with E-state index in [4.69, 9.17) is 5.73 Å². The van der Waals surface area contributed by atoms with Crippen molar-refractivity contribution in [2.45, 2.75) is 19.1 Å². The number of hydrogen-bond acceptors (Lipinski definition) is 6. The Morgan fingerprint density at radius 3 is 2.56 bits per heavy atom. The summed E-state index contributed by atoms with van der Waals surface area (Å²) in [5.41, 5.74) is 9.61. The number of aliphatic hydroxyl groups excluding tert-OH is 1. The maximum absolute atomic E-state index is 13.8. The number of H-pyrrole nitrogens is 1. The van der Waals surface area contributed by atoms with E-state index in [2.05, 4.69) is 19.9 Å². The quantitative estimate of drug-likeness (QED) is 0.316. The molecule has 2 aromatic carbocycles. The molecule has 0 aliphatic rings. The Balaban J connectivity index is 1.60. The van der Waals surface area contributed by atoms with Gasteiger partial charge in [-0.25, -0.2) is 19.3 Å². The van der Waals surface area contributed by atoms with Gasteiger partial charge in [-0.05, 0) is 47.9 Å². The van der Waals surface area contributed by atoms with Gasteiger partial charge in [-0.1, -0.05) is 36.4 Å². The first-order chi connectivity index (χ1) is 16.3. The molecule has 0 radical (unpaired) electrons. The fourth-order valence-electron chi connectivity index (χ4n) is 3.97. The minimum absolute atomic E-state index is 0.0118. The molecule has 0 fully saturated rings. The fourth-order valence-corrected chi connectivity index (χ4v) is 3.97. The zero-order chi connectivity index (χ0) is 23.9. The topological polar surface area (TPSA) is 121 Å². The third-order valence-electron chi connectivity index (χ3n) is 5.91. The summed E-state index contributed by atoms with van der Waals surface area (Å²) in [6.07, 6.45) is 3.55. The van der Waals surface area contributed by atoms with E-state index < -0.39 is 11.4 Å². The monoisotopic (exact) mass is 455 g/mol. The predicted octanol–water partition coefficient (Wildman–Crippen LogP) is 4.16. The lowest BCUT2D eigenvalue weighted by Gasteiger charge is -2.24. The molecule has 0 spiro atoms. The lowest BCUT2D eigenvalue weighted by atomic mass is 9.91. The highest BCUT2D eigenvalue weighted by atomic mass is 19.1. The minimum atomic E-state index is -1.59. The smallest absolute Gasteiger partial charge is 0.220 e. The van der Waals surface area contributed by atoms with Gasteiger partial charge in [-0.3, -0.25) is 0 Å². The van der Waals surface area contributed by atoms with Gasteiger partial charge in [0.1, 0.15) is 17.1 Å². The van der Waals surface area contributed by atoms with Gasteiger partial charge in [-0.2, -0.15) is 0 Å². The molecule has 0 amide bonds. The van der Waals surface area contributed by atoms with Gasteiger partial charge in [-0.15, -0.1) is 0 Å². The molecule has 5 N–H and O–H groups in total. The van der Waals surface area contributed by atoms with Crippen LogP contribution in [0.5, 0.6) is 0 Å². The van der Waals surface area contributed by atoms with E-state index in [1.165, 1.54) is 25.1 Å². The molecule has 3 heterocycles. The van der Waals surface area contributed by atoms with Crippen molar-refractivity contribution in [3.05, 3.63) is 95.7 Å². The summed E-state index contributed by atoms with van der Waals surface area (Å²) in [5.74, 6) is -0.468. The summed E-state index contributed by atoms with van der Waals surface area (Å²) in [6.45, 7) is 1.52. The molecule has 170 valence electrons. The third-order valence-corrected chi connectivity index (χ3v) is 5.91. The highest BCUT2D eigenvalue weighted by Gasteiger charge is 2.29. The number of aliphatic hydroxyl groups is 2. The Labute approximate surface area is 194 Å². The van der Waals surface area contributed by atoms with E-state index in [9.17, 15) is 14.6 Å². The molecule has 5 aromatic rings. The third kappa shape index (κ3) is 3.89. The number of nitrogens with one attached hydrogen (secondary N) is 1. The molecule has 0 saturated heterocycles. The molecule has 1 atom stereocenters. The number of pyridine rings is 1. The van der Waals surface area contributed by atoms with E-state index >= 15 is 0 Å². The average Bonchev–Trinajstić information content (AvgIpc) is 3.27. The lowest BCUT2D eigenvalue weighted by molar-refractivity contribution is 0.0971. The Hall–Kier alpha value is -4.14. The molecule has 5 rings (SSSR count). The molecule has 0 saturated carbocycles. The second-order valence-electron chi connectivity index (χ2n) is 8.26. The van der Waals surface area contributed by atoms with Gasteiger partial charge in [0.25, 0.3) is 0 Å². The van der Waals surface area contributed by atoms with Crippen molar-refractivity contribution >= 4 is 17.0 Å². The van der Waals surface area contributed by atoms with E-state index in [1.807, 2.05) is 30.3 Å². The number of hydrogen-bond donors (Lipinski definition) is 4. The van der Waals surface area contributed by atoms with Crippen LogP contribution in [0, 0.1) is 5.82 Å². The van der Waals surface area contributed by atoms with Crippen LogP contribution in [0.3, 0.4) is 0 Å². The zero-order valence-electron chi connectivity index (χ0n) is 18.3. The molecular formula is C26H22FN5O2. The number of rotatable bonds is 5. The van der Waals surface area contributed by atoms with Crippen molar-refractivity contribution < 1.29 is 14.6 Å². The van der Waals surface area contributed by atoms with Gasteiger partial charge in [0.2, 0.25) is 5.95 Å². The van der Waals surface area contributed by atoms with Crippen molar-refractivity contribution in [2.24, 2.45) is 0 Å². The van der Waals surface area contributed by atoms with Gasteiger partial charge in [0.05, 0.1) is 18.0 Å². The summed E-state index contributed by atoms with van der Waals surface area (Å²) < 4.78 is 13.8. The van der Waals surface area contributed by atoms with Crippen molar-refractivity contribution in [1.29, 1.82) is 0 Å². The average molecular weight is 455 g/mol. The van der Waals surface area contributed by atoms with Gasteiger partial charge in [0, 0.05) is 28.9 Å². The maximum atomic E-state index is 13.8. The number of aromatic nitrogens is 4. The first kappa shape index (κ1) is 21.7. The Morgan fingerprint density at radius 1 is 1.03 bits per heavy atom. The maximum Gasteiger partial charge on any atom is 0.220 e. The van der Waals surface area contributed by atoms with E-state index in [1.54, 1.807) is 24.5 Å². The van der Waals surface area contributed by atoms with Crippen molar-refractivity contribution in [3.8, 4) is 22.4 Å². The van der Waals surface area contributed by atoms with Crippen molar-refractivity contribution in [3.63, 3.8) is 0 Å². The first-order valence-electron chi connectivity index (χ1n) is 10.7. The summed E-state index contributed by atoms with van der Waals surface area (Å²) in [7, 11) is 0. The number of anilines is 1. The largest absolute Gasteiger partial charge is 0.392 e.